The van der Waals surface area contributed by atoms with Crippen LogP contribution in [0.5, 0.6) is 0 Å². The van der Waals surface area contributed by atoms with Crippen molar-refractivity contribution in [2.24, 2.45) is 0 Å². The molecule has 1 fully saturated rings. The lowest BCUT2D eigenvalue weighted by molar-refractivity contribution is -0.385. The summed E-state index contributed by atoms with van der Waals surface area (Å²) in [7, 11) is 0. The summed E-state index contributed by atoms with van der Waals surface area (Å²) >= 11 is 0. The molecule has 2 rings (SSSR count). The molecule has 0 bridgehead atoms. The van der Waals surface area contributed by atoms with Crippen LogP contribution >= 0.6 is 0 Å². The van der Waals surface area contributed by atoms with Crippen molar-refractivity contribution in [2.75, 3.05) is 6.54 Å². The molecule has 1 N–H and O–H groups in total. The van der Waals surface area contributed by atoms with Crippen LogP contribution in [-0.2, 0) is 11.3 Å². The van der Waals surface area contributed by atoms with E-state index in [9.17, 15) is 19.3 Å². The lowest BCUT2D eigenvalue weighted by Gasteiger charge is -2.23. The van der Waals surface area contributed by atoms with Gasteiger partial charge in [0.2, 0.25) is 0 Å². The number of non-ortho nitro benzene ring substituents is 1. The molecule has 0 radical (unpaired) electrons. The number of hydrogen-bond acceptors (Lipinski definition) is 4. The van der Waals surface area contributed by atoms with E-state index in [1.807, 2.05) is 4.90 Å². The summed E-state index contributed by atoms with van der Waals surface area (Å²) < 4.78 is 13.4. The van der Waals surface area contributed by atoms with E-state index in [0.717, 1.165) is 25.5 Å². The summed E-state index contributed by atoms with van der Waals surface area (Å²) in [6.45, 7) is 1.05. The maximum atomic E-state index is 13.4. The largest absolute Gasteiger partial charge is 0.481 e. The van der Waals surface area contributed by atoms with Crippen LogP contribution in [0.2, 0.25) is 0 Å². The molecule has 1 aliphatic rings. The van der Waals surface area contributed by atoms with Gasteiger partial charge in [-0.25, -0.2) is 4.39 Å². The lowest BCUT2D eigenvalue weighted by atomic mass is 10.1. The summed E-state index contributed by atoms with van der Waals surface area (Å²) in [6, 6.07) is 3.37. The summed E-state index contributed by atoms with van der Waals surface area (Å²) in [5, 5.41) is 19.5. The molecule has 108 valence electrons. The zero-order valence-corrected chi connectivity index (χ0v) is 10.8. The number of hydrogen-bond donors (Lipinski definition) is 1. The van der Waals surface area contributed by atoms with Crippen LogP contribution in [0.25, 0.3) is 0 Å². The molecule has 20 heavy (non-hydrogen) atoms. The van der Waals surface area contributed by atoms with Crippen LogP contribution < -0.4 is 0 Å². The molecule has 1 unspecified atom stereocenters. The van der Waals surface area contributed by atoms with E-state index in [1.165, 1.54) is 12.1 Å². The highest BCUT2D eigenvalue weighted by atomic mass is 19.1. The minimum atomic E-state index is -0.868. The topological polar surface area (TPSA) is 83.7 Å². The Balaban J connectivity index is 2.12. The van der Waals surface area contributed by atoms with Crippen LogP contribution in [0, 0.1) is 15.9 Å². The Morgan fingerprint density at radius 2 is 2.25 bits per heavy atom. The number of rotatable bonds is 5. The summed E-state index contributed by atoms with van der Waals surface area (Å²) in [5.74, 6) is -1.52. The fourth-order valence-corrected chi connectivity index (χ4v) is 2.60. The van der Waals surface area contributed by atoms with E-state index in [1.54, 1.807) is 0 Å². The summed E-state index contributed by atoms with van der Waals surface area (Å²) in [4.78, 5) is 22.8. The molecule has 1 aromatic rings. The lowest BCUT2D eigenvalue weighted by Crippen LogP contribution is -2.30. The van der Waals surface area contributed by atoms with Gasteiger partial charge in [-0.2, -0.15) is 0 Å². The number of carboxylic acid groups (broad SMARTS) is 1. The van der Waals surface area contributed by atoms with Crippen molar-refractivity contribution in [1.82, 2.24) is 4.90 Å². The Hall–Kier alpha value is -2.02. The zero-order valence-electron chi connectivity index (χ0n) is 10.8. The number of carbonyl (C=O) groups is 1. The number of carboxylic acids is 1. The fourth-order valence-electron chi connectivity index (χ4n) is 2.60. The van der Waals surface area contributed by atoms with Crippen molar-refractivity contribution >= 4 is 11.7 Å². The molecular formula is C13H15FN2O4. The van der Waals surface area contributed by atoms with Crippen molar-refractivity contribution in [3.8, 4) is 0 Å². The quantitative estimate of drug-likeness (QED) is 0.661. The van der Waals surface area contributed by atoms with Gasteiger partial charge in [0, 0.05) is 18.7 Å². The van der Waals surface area contributed by atoms with Crippen LogP contribution in [0.15, 0.2) is 18.2 Å². The number of aliphatic carboxylic acids is 1. The van der Waals surface area contributed by atoms with Gasteiger partial charge in [-0.1, -0.05) is 0 Å². The number of likely N-dealkylation sites (tertiary alicyclic amines) is 1. The average molecular weight is 282 g/mol. The second-order valence-electron chi connectivity index (χ2n) is 4.94. The van der Waals surface area contributed by atoms with Gasteiger partial charge in [0.25, 0.3) is 5.69 Å². The van der Waals surface area contributed by atoms with Crippen molar-refractivity contribution < 1.29 is 19.2 Å². The van der Waals surface area contributed by atoms with Gasteiger partial charge in [-0.15, -0.1) is 0 Å². The van der Waals surface area contributed by atoms with Gasteiger partial charge >= 0.3 is 5.97 Å². The molecule has 1 aliphatic heterocycles. The predicted octanol–water partition coefficient (Wildman–Crippen LogP) is 2.17. The maximum absolute atomic E-state index is 13.4. The van der Waals surface area contributed by atoms with Crippen molar-refractivity contribution in [3.63, 3.8) is 0 Å². The molecule has 0 aliphatic carbocycles. The number of benzene rings is 1. The smallest absolute Gasteiger partial charge is 0.304 e. The molecule has 0 saturated carbocycles. The van der Waals surface area contributed by atoms with Crippen molar-refractivity contribution in [2.45, 2.75) is 31.8 Å². The Morgan fingerprint density at radius 3 is 2.90 bits per heavy atom. The fraction of sp³-hybridized carbons (Fsp3) is 0.462. The minimum absolute atomic E-state index is 0.0391. The second-order valence-corrected chi connectivity index (χ2v) is 4.94. The first-order valence-corrected chi connectivity index (χ1v) is 6.35. The molecular weight excluding hydrogens is 267 g/mol. The number of nitro groups is 1. The molecule has 1 saturated heterocycles. The molecule has 1 atom stereocenters. The van der Waals surface area contributed by atoms with E-state index in [4.69, 9.17) is 5.11 Å². The Morgan fingerprint density at radius 1 is 1.50 bits per heavy atom. The van der Waals surface area contributed by atoms with Crippen LogP contribution in [-0.4, -0.2) is 33.5 Å². The first-order chi connectivity index (χ1) is 9.45. The van der Waals surface area contributed by atoms with E-state index in [2.05, 4.69) is 0 Å². The molecule has 0 aromatic heterocycles. The van der Waals surface area contributed by atoms with Crippen LogP contribution in [0.3, 0.4) is 0 Å². The molecule has 1 heterocycles. The SMILES string of the molecule is O=C(O)CC1CCCN1Cc1cc(F)cc([N+](=O)[O-])c1. The molecule has 0 spiro atoms. The van der Waals surface area contributed by atoms with Crippen molar-refractivity contribution in [1.29, 1.82) is 0 Å². The van der Waals surface area contributed by atoms with Gasteiger partial charge in [0.05, 0.1) is 17.4 Å². The standard InChI is InChI=1S/C13H15FN2O4/c14-10-4-9(5-12(6-10)16(19)20)8-15-3-1-2-11(15)7-13(17)18/h4-6,11H,1-3,7-8H2,(H,17,18). The molecule has 0 amide bonds. The first-order valence-electron chi connectivity index (χ1n) is 6.35. The van der Waals surface area contributed by atoms with E-state index >= 15 is 0 Å². The van der Waals surface area contributed by atoms with Crippen LogP contribution in [0.4, 0.5) is 10.1 Å². The van der Waals surface area contributed by atoms with E-state index in [0.29, 0.717) is 12.1 Å². The molecule has 6 nitrogen and oxygen atoms in total. The monoisotopic (exact) mass is 282 g/mol. The number of nitro benzene ring substituents is 1. The normalized spacial score (nSPS) is 19.1. The van der Waals surface area contributed by atoms with E-state index < -0.39 is 16.7 Å². The van der Waals surface area contributed by atoms with Gasteiger partial charge in [0.15, 0.2) is 0 Å². The number of nitrogens with zero attached hydrogens (tertiary/aromatic N) is 2. The predicted molar refractivity (Wildman–Crippen MR) is 68.7 cm³/mol. The Labute approximate surface area is 115 Å². The van der Waals surface area contributed by atoms with Crippen LogP contribution in [0.1, 0.15) is 24.8 Å². The van der Waals surface area contributed by atoms with E-state index in [-0.39, 0.29) is 18.2 Å². The highest BCUT2D eigenvalue weighted by molar-refractivity contribution is 5.67. The number of halogens is 1. The van der Waals surface area contributed by atoms with Gasteiger partial charge < -0.3 is 5.11 Å². The summed E-state index contributed by atoms with van der Waals surface area (Å²) in [5.41, 5.74) is 0.211. The maximum Gasteiger partial charge on any atom is 0.304 e. The highest BCUT2D eigenvalue weighted by Crippen LogP contribution is 2.24. The molecule has 1 aromatic carbocycles. The molecule has 7 heteroatoms. The zero-order chi connectivity index (χ0) is 14.7. The Bertz CT molecular complexity index is 535. The average Bonchev–Trinajstić information content (AvgIpc) is 2.75. The first kappa shape index (κ1) is 14.4. The van der Waals surface area contributed by atoms with Gasteiger partial charge in [0.1, 0.15) is 5.82 Å². The summed E-state index contributed by atoms with van der Waals surface area (Å²) in [6.07, 6.45) is 1.70. The third-order valence-corrected chi connectivity index (χ3v) is 3.45. The third-order valence-electron chi connectivity index (χ3n) is 3.45. The van der Waals surface area contributed by atoms with Gasteiger partial charge in [-0.3, -0.25) is 19.8 Å². The highest BCUT2D eigenvalue weighted by Gasteiger charge is 2.27. The second kappa shape index (κ2) is 5.96. The van der Waals surface area contributed by atoms with Crippen molar-refractivity contribution in [3.05, 3.63) is 39.7 Å². The minimum Gasteiger partial charge on any atom is -0.481 e. The Kier molecular flexibility index (Phi) is 4.29. The third kappa shape index (κ3) is 3.51. The van der Waals surface area contributed by atoms with Gasteiger partial charge in [-0.05, 0) is 31.0 Å².